The van der Waals surface area contributed by atoms with Crippen LogP contribution in [-0.2, 0) is 5.60 Å². The first-order valence-corrected chi connectivity index (χ1v) is 6.42. The van der Waals surface area contributed by atoms with Crippen LogP contribution in [0.3, 0.4) is 0 Å². The summed E-state index contributed by atoms with van der Waals surface area (Å²) in [7, 11) is 0. The van der Waals surface area contributed by atoms with Crippen molar-refractivity contribution in [1.82, 2.24) is 0 Å². The summed E-state index contributed by atoms with van der Waals surface area (Å²) >= 11 is 3.45. The number of halogens is 1. The predicted molar refractivity (Wildman–Crippen MR) is 65.7 cm³/mol. The Morgan fingerprint density at radius 2 is 2.20 bits per heavy atom. The van der Waals surface area contributed by atoms with Gasteiger partial charge in [0, 0.05) is 4.47 Å². The van der Waals surface area contributed by atoms with Crippen LogP contribution in [0.25, 0.3) is 0 Å². The van der Waals surface area contributed by atoms with Gasteiger partial charge in [-0.05, 0) is 36.5 Å². The normalized spacial score (nSPS) is 19.9. The molecule has 1 aliphatic carbocycles. The Labute approximate surface area is 99.6 Å². The van der Waals surface area contributed by atoms with E-state index in [0.717, 1.165) is 28.8 Å². The van der Waals surface area contributed by atoms with Crippen LogP contribution < -0.4 is 0 Å². The molecule has 0 saturated heterocycles. The highest BCUT2D eigenvalue weighted by molar-refractivity contribution is 9.10. The molecule has 0 aliphatic heterocycles. The lowest BCUT2D eigenvalue weighted by molar-refractivity contribution is 0.0176. The summed E-state index contributed by atoms with van der Waals surface area (Å²) in [4.78, 5) is 0. The van der Waals surface area contributed by atoms with Crippen LogP contribution in [-0.4, -0.2) is 5.11 Å². The minimum absolute atomic E-state index is 0.620. The van der Waals surface area contributed by atoms with Crippen molar-refractivity contribution >= 4 is 15.9 Å². The Hall–Kier alpha value is -0.340. The molecule has 15 heavy (non-hydrogen) atoms. The maximum absolute atomic E-state index is 10.6. The first kappa shape index (κ1) is 11.2. The van der Waals surface area contributed by atoms with E-state index < -0.39 is 5.60 Å². The Morgan fingerprint density at radius 1 is 1.47 bits per heavy atom. The summed E-state index contributed by atoms with van der Waals surface area (Å²) in [5.74, 6) is 0.744. The van der Waals surface area contributed by atoms with Gasteiger partial charge in [-0.3, -0.25) is 0 Å². The highest BCUT2D eigenvalue weighted by atomic mass is 79.9. The molecule has 2 rings (SSSR count). The fourth-order valence-electron chi connectivity index (χ4n) is 2.04. The Bertz CT molecular complexity index is 346. The molecule has 1 nitrogen and oxygen atoms in total. The van der Waals surface area contributed by atoms with E-state index in [1.807, 2.05) is 24.3 Å². The number of aliphatic hydroxyl groups is 1. The third-order valence-corrected chi connectivity index (χ3v) is 3.76. The van der Waals surface area contributed by atoms with Crippen LogP contribution in [0.4, 0.5) is 0 Å². The summed E-state index contributed by atoms with van der Waals surface area (Å²) in [6, 6.07) is 8.05. The maximum atomic E-state index is 10.6. The van der Waals surface area contributed by atoms with Crippen molar-refractivity contribution in [3.05, 3.63) is 34.3 Å². The molecule has 1 atom stereocenters. The zero-order valence-corrected chi connectivity index (χ0v) is 10.6. The summed E-state index contributed by atoms with van der Waals surface area (Å²) in [6.45, 7) is 2.06. The van der Waals surface area contributed by atoms with Gasteiger partial charge in [0.2, 0.25) is 0 Å². The molecular formula is C13H17BrO. The average Bonchev–Trinajstić information content (AvgIpc) is 3.01. The first-order valence-electron chi connectivity index (χ1n) is 5.62. The van der Waals surface area contributed by atoms with E-state index in [-0.39, 0.29) is 0 Å². The zero-order chi connectivity index (χ0) is 10.9. The van der Waals surface area contributed by atoms with Crippen molar-refractivity contribution in [3.8, 4) is 0 Å². The van der Waals surface area contributed by atoms with Crippen LogP contribution in [0.1, 0.15) is 38.2 Å². The summed E-state index contributed by atoms with van der Waals surface area (Å²) in [6.07, 6.45) is 4.28. The second kappa shape index (κ2) is 4.26. The van der Waals surface area contributed by atoms with Crippen molar-refractivity contribution in [3.63, 3.8) is 0 Å². The lowest BCUT2D eigenvalue weighted by Crippen LogP contribution is -2.25. The number of rotatable bonds is 4. The fourth-order valence-corrected chi connectivity index (χ4v) is 2.44. The van der Waals surface area contributed by atoms with Gasteiger partial charge in [0.15, 0.2) is 0 Å². The van der Waals surface area contributed by atoms with Crippen molar-refractivity contribution < 1.29 is 5.11 Å². The maximum Gasteiger partial charge on any atom is 0.0897 e. The van der Waals surface area contributed by atoms with Crippen LogP contribution >= 0.6 is 15.9 Å². The molecule has 82 valence electrons. The molecule has 0 aromatic heterocycles. The van der Waals surface area contributed by atoms with Crippen LogP contribution in [0, 0.1) is 5.92 Å². The Kier molecular flexibility index (Phi) is 3.17. The van der Waals surface area contributed by atoms with Gasteiger partial charge in [-0.1, -0.05) is 47.8 Å². The highest BCUT2D eigenvalue weighted by Gasteiger charge is 2.35. The highest BCUT2D eigenvalue weighted by Crippen LogP contribution is 2.42. The number of benzene rings is 1. The lowest BCUT2D eigenvalue weighted by atomic mass is 9.86. The molecule has 0 bridgehead atoms. The van der Waals surface area contributed by atoms with E-state index in [1.165, 1.54) is 12.8 Å². The topological polar surface area (TPSA) is 20.2 Å². The van der Waals surface area contributed by atoms with Gasteiger partial charge < -0.3 is 5.11 Å². The van der Waals surface area contributed by atoms with E-state index >= 15 is 0 Å². The van der Waals surface area contributed by atoms with Crippen LogP contribution in [0.2, 0.25) is 0 Å². The van der Waals surface area contributed by atoms with E-state index in [2.05, 4.69) is 22.9 Å². The fraction of sp³-hybridized carbons (Fsp3) is 0.538. The van der Waals surface area contributed by atoms with Gasteiger partial charge >= 0.3 is 0 Å². The molecule has 1 unspecified atom stereocenters. The minimum Gasteiger partial charge on any atom is -0.385 e. The van der Waals surface area contributed by atoms with Crippen LogP contribution in [0.5, 0.6) is 0 Å². The van der Waals surface area contributed by atoms with Crippen molar-refractivity contribution in [2.45, 2.75) is 38.2 Å². The SMILES string of the molecule is CCC(O)(CC1CC1)c1cccc(Br)c1. The summed E-state index contributed by atoms with van der Waals surface area (Å²) in [5.41, 5.74) is 0.427. The first-order chi connectivity index (χ1) is 7.14. The molecule has 1 aliphatic rings. The Morgan fingerprint density at radius 3 is 2.73 bits per heavy atom. The zero-order valence-electron chi connectivity index (χ0n) is 9.04. The van der Waals surface area contributed by atoms with E-state index in [4.69, 9.17) is 0 Å². The molecule has 0 spiro atoms. The molecular weight excluding hydrogens is 252 g/mol. The van der Waals surface area contributed by atoms with Gasteiger partial charge in [0.05, 0.1) is 5.60 Å². The van der Waals surface area contributed by atoms with Gasteiger partial charge in [-0.15, -0.1) is 0 Å². The molecule has 2 heteroatoms. The quantitative estimate of drug-likeness (QED) is 0.880. The van der Waals surface area contributed by atoms with Gasteiger partial charge in [-0.2, -0.15) is 0 Å². The van der Waals surface area contributed by atoms with E-state index in [1.54, 1.807) is 0 Å². The van der Waals surface area contributed by atoms with Gasteiger partial charge in [-0.25, -0.2) is 0 Å². The van der Waals surface area contributed by atoms with E-state index in [0.29, 0.717) is 0 Å². The second-order valence-electron chi connectivity index (χ2n) is 4.54. The molecule has 0 heterocycles. The van der Waals surface area contributed by atoms with Crippen molar-refractivity contribution in [1.29, 1.82) is 0 Å². The molecule has 1 aromatic rings. The summed E-state index contributed by atoms with van der Waals surface area (Å²) in [5, 5.41) is 10.6. The van der Waals surface area contributed by atoms with Crippen LogP contribution in [0.15, 0.2) is 28.7 Å². The second-order valence-corrected chi connectivity index (χ2v) is 5.46. The summed E-state index contributed by atoms with van der Waals surface area (Å²) < 4.78 is 1.04. The molecule has 1 fully saturated rings. The third kappa shape index (κ3) is 2.61. The largest absolute Gasteiger partial charge is 0.385 e. The van der Waals surface area contributed by atoms with Crippen molar-refractivity contribution in [2.75, 3.05) is 0 Å². The standard InChI is InChI=1S/C13H17BrO/c1-2-13(15,9-10-6-7-10)11-4-3-5-12(14)8-11/h3-5,8,10,15H,2,6-7,9H2,1H3. The van der Waals surface area contributed by atoms with Gasteiger partial charge in [0.1, 0.15) is 0 Å². The molecule has 0 amide bonds. The van der Waals surface area contributed by atoms with E-state index in [9.17, 15) is 5.11 Å². The average molecular weight is 269 g/mol. The molecule has 1 saturated carbocycles. The molecule has 0 radical (unpaired) electrons. The number of hydrogen-bond donors (Lipinski definition) is 1. The van der Waals surface area contributed by atoms with Crippen molar-refractivity contribution in [2.24, 2.45) is 5.92 Å². The lowest BCUT2D eigenvalue weighted by Gasteiger charge is -2.27. The smallest absolute Gasteiger partial charge is 0.0897 e. The minimum atomic E-state index is -0.620. The number of hydrogen-bond acceptors (Lipinski definition) is 1. The predicted octanol–water partition coefficient (Wildman–Crippen LogP) is 3.85. The Balaban J connectivity index is 2.23. The van der Waals surface area contributed by atoms with Gasteiger partial charge in [0.25, 0.3) is 0 Å². The monoisotopic (exact) mass is 268 g/mol. The third-order valence-electron chi connectivity index (χ3n) is 3.27. The molecule has 1 aromatic carbocycles. The molecule has 1 N–H and O–H groups in total.